The number of nitrogens with one attached hydrogen (secondary N) is 1. The molecule has 1 unspecified atom stereocenters. The van der Waals surface area contributed by atoms with E-state index in [2.05, 4.69) is 5.32 Å². The van der Waals surface area contributed by atoms with Gasteiger partial charge in [0.25, 0.3) is 0 Å². The summed E-state index contributed by atoms with van der Waals surface area (Å²) < 4.78 is 18.9. The van der Waals surface area contributed by atoms with E-state index in [0.29, 0.717) is 24.9 Å². The Morgan fingerprint density at radius 2 is 2.00 bits per heavy atom. The number of benzene rings is 1. The van der Waals surface area contributed by atoms with E-state index in [-0.39, 0.29) is 18.3 Å². The fourth-order valence-electron chi connectivity index (χ4n) is 1.42. The fourth-order valence-corrected chi connectivity index (χ4v) is 1.42. The number of aliphatic hydroxyl groups excluding tert-OH is 1. The smallest absolute Gasteiger partial charge is 0.127 e. The minimum atomic E-state index is -0.301. The molecule has 0 aromatic heterocycles. The fraction of sp³-hybridized carbons (Fsp3) is 0.571. The van der Waals surface area contributed by atoms with E-state index in [1.165, 1.54) is 12.1 Å². The summed E-state index contributed by atoms with van der Waals surface area (Å²) in [5.74, 6) is 0.256. The molecule has 0 saturated carbocycles. The maximum absolute atomic E-state index is 13.4. The van der Waals surface area contributed by atoms with Gasteiger partial charge in [-0.25, -0.2) is 4.39 Å². The van der Waals surface area contributed by atoms with Gasteiger partial charge in [0.15, 0.2) is 0 Å². The van der Waals surface area contributed by atoms with Crippen molar-refractivity contribution in [2.45, 2.75) is 33.4 Å². The Bertz CT molecular complexity index is 369. The molecule has 1 aromatic carbocycles. The van der Waals surface area contributed by atoms with Crippen molar-refractivity contribution in [2.24, 2.45) is 5.92 Å². The molecule has 0 aliphatic heterocycles. The lowest BCUT2D eigenvalue weighted by molar-refractivity contribution is 0.174. The van der Waals surface area contributed by atoms with Gasteiger partial charge in [-0.2, -0.15) is 0 Å². The first-order valence-corrected chi connectivity index (χ1v) is 6.27. The molecule has 0 fully saturated rings. The zero-order valence-electron chi connectivity index (χ0n) is 11.2. The predicted molar refractivity (Wildman–Crippen MR) is 70.1 cm³/mol. The Morgan fingerprint density at radius 1 is 1.28 bits per heavy atom. The highest BCUT2D eigenvalue weighted by atomic mass is 19.1. The molecular formula is C14H22FNO2. The molecule has 1 atom stereocenters. The number of hydrogen-bond acceptors (Lipinski definition) is 3. The highest BCUT2D eigenvalue weighted by molar-refractivity contribution is 5.29. The Balaban J connectivity index is 2.62. The van der Waals surface area contributed by atoms with Gasteiger partial charge in [-0.3, -0.25) is 0 Å². The van der Waals surface area contributed by atoms with E-state index in [9.17, 15) is 4.39 Å². The van der Waals surface area contributed by atoms with Crippen LogP contribution >= 0.6 is 0 Å². The normalized spacial score (nSPS) is 12.8. The highest BCUT2D eigenvalue weighted by Crippen LogP contribution is 2.17. The summed E-state index contributed by atoms with van der Waals surface area (Å²) >= 11 is 0. The first kappa shape index (κ1) is 14.9. The lowest BCUT2D eigenvalue weighted by atomic mass is 10.2. The number of ether oxygens (including phenoxy) is 1. The van der Waals surface area contributed by atoms with Crippen LogP contribution in [-0.2, 0) is 6.54 Å². The van der Waals surface area contributed by atoms with Gasteiger partial charge >= 0.3 is 0 Å². The van der Waals surface area contributed by atoms with Gasteiger partial charge in [-0.05, 0) is 17.7 Å². The predicted octanol–water partition coefficient (Wildman–Crippen LogP) is 2.33. The largest absolute Gasteiger partial charge is 0.493 e. The summed E-state index contributed by atoms with van der Waals surface area (Å²) in [5.41, 5.74) is 0.857. The second kappa shape index (κ2) is 7.34. The van der Waals surface area contributed by atoms with Crippen LogP contribution in [0.3, 0.4) is 0 Å². The van der Waals surface area contributed by atoms with Crippen LogP contribution in [0.2, 0.25) is 0 Å². The molecule has 18 heavy (non-hydrogen) atoms. The SMILES string of the molecule is CC(CO)COc1cc(F)cc(CNC(C)C)c1. The maximum Gasteiger partial charge on any atom is 0.127 e. The minimum Gasteiger partial charge on any atom is -0.493 e. The van der Waals surface area contributed by atoms with Crippen LogP contribution in [0.25, 0.3) is 0 Å². The van der Waals surface area contributed by atoms with Gasteiger partial charge in [-0.15, -0.1) is 0 Å². The van der Waals surface area contributed by atoms with Crippen molar-refractivity contribution < 1.29 is 14.2 Å². The number of rotatable bonds is 7. The molecule has 1 aromatic rings. The summed E-state index contributed by atoms with van der Waals surface area (Å²) in [5, 5.41) is 12.1. The van der Waals surface area contributed by atoms with E-state index >= 15 is 0 Å². The van der Waals surface area contributed by atoms with E-state index in [1.807, 2.05) is 26.8 Å². The third kappa shape index (κ3) is 5.47. The molecule has 0 heterocycles. The lowest BCUT2D eigenvalue weighted by Crippen LogP contribution is -2.22. The summed E-state index contributed by atoms with van der Waals surface area (Å²) in [6.45, 7) is 7.02. The summed E-state index contributed by atoms with van der Waals surface area (Å²) in [6.07, 6.45) is 0. The third-order valence-electron chi connectivity index (χ3n) is 2.49. The van der Waals surface area contributed by atoms with Gasteiger partial charge in [0, 0.05) is 31.2 Å². The van der Waals surface area contributed by atoms with Crippen molar-refractivity contribution >= 4 is 0 Å². The van der Waals surface area contributed by atoms with Gasteiger partial charge in [-0.1, -0.05) is 20.8 Å². The molecule has 4 heteroatoms. The first-order valence-electron chi connectivity index (χ1n) is 6.27. The second-order valence-corrected chi connectivity index (χ2v) is 4.93. The van der Waals surface area contributed by atoms with Gasteiger partial charge in [0.1, 0.15) is 11.6 Å². The number of aliphatic hydroxyl groups is 1. The summed E-state index contributed by atoms with van der Waals surface area (Å²) in [6, 6.07) is 5.04. The second-order valence-electron chi connectivity index (χ2n) is 4.93. The Morgan fingerprint density at radius 3 is 2.61 bits per heavy atom. The molecule has 0 saturated heterocycles. The number of halogens is 1. The van der Waals surface area contributed by atoms with E-state index in [4.69, 9.17) is 9.84 Å². The average molecular weight is 255 g/mol. The van der Waals surface area contributed by atoms with E-state index in [1.54, 1.807) is 0 Å². The van der Waals surface area contributed by atoms with Crippen molar-refractivity contribution in [1.82, 2.24) is 5.32 Å². The molecule has 0 radical (unpaired) electrons. The molecule has 0 aliphatic rings. The lowest BCUT2D eigenvalue weighted by Gasteiger charge is -2.13. The third-order valence-corrected chi connectivity index (χ3v) is 2.49. The van der Waals surface area contributed by atoms with Crippen LogP contribution in [0.5, 0.6) is 5.75 Å². The first-order chi connectivity index (χ1) is 8.51. The molecule has 1 rings (SSSR count). The zero-order chi connectivity index (χ0) is 13.5. The van der Waals surface area contributed by atoms with Crippen LogP contribution < -0.4 is 10.1 Å². The van der Waals surface area contributed by atoms with E-state index in [0.717, 1.165) is 5.56 Å². The van der Waals surface area contributed by atoms with Crippen molar-refractivity contribution in [3.63, 3.8) is 0 Å². The Hall–Kier alpha value is -1.13. The molecule has 3 nitrogen and oxygen atoms in total. The van der Waals surface area contributed by atoms with Crippen molar-refractivity contribution in [3.8, 4) is 5.75 Å². The molecule has 102 valence electrons. The van der Waals surface area contributed by atoms with Crippen molar-refractivity contribution in [3.05, 3.63) is 29.6 Å². The molecule has 0 bridgehead atoms. The van der Waals surface area contributed by atoms with Crippen molar-refractivity contribution in [2.75, 3.05) is 13.2 Å². The van der Waals surface area contributed by atoms with Crippen LogP contribution in [0, 0.1) is 11.7 Å². The molecule has 0 aliphatic carbocycles. The van der Waals surface area contributed by atoms with Crippen molar-refractivity contribution in [1.29, 1.82) is 0 Å². The average Bonchev–Trinajstić information content (AvgIpc) is 2.33. The topological polar surface area (TPSA) is 41.5 Å². The van der Waals surface area contributed by atoms with Crippen LogP contribution in [-0.4, -0.2) is 24.4 Å². The maximum atomic E-state index is 13.4. The van der Waals surface area contributed by atoms with Crippen LogP contribution in [0.15, 0.2) is 18.2 Å². The van der Waals surface area contributed by atoms with Gasteiger partial charge in [0.2, 0.25) is 0 Å². The van der Waals surface area contributed by atoms with E-state index < -0.39 is 0 Å². The highest BCUT2D eigenvalue weighted by Gasteiger charge is 2.05. The Labute approximate surface area is 108 Å². The monoisotopic (exact) mass is 255 g/mol. The van der Waals surface area contributed by atoms with Gasteiger partial charge < -0.3 is 15.2 Å². The van der Waals surface area contributed by atoms with Crippen LogP contribution in [0.1, 0.15) is 26.3 Å². The molecule has 0 spiro atoms. The molecule has 0 amide bonds. The molecular weight excluding hydrogens is 233 g/mol. The summed E-state index contributed by atoms with van der Waals surface area (Å²) in [4.78, 5) is 0. The molecule has 2 N–H and O–H groups in total. The summed E-state index contributed by atoms with van der Waals surface area (Å²) in [7, 11) is 0. The standard InChI is InChI=1S/C14H22FNO2/c1-10(2)16-7-12-4-13(15)6-14(5-12)18-9-11(3)8-17/h4-6,10-11,16-17H,7-9H2,1-3H3. The van der Waals surface area contributed by atoms with Crippen LogP contribution in [0.4, 0.5) is 4.39 Å². The zero-order valence-corrected chi connectivity index (χ0v) is 11.2. The Kier molecular flexibility index (Phi) is 6.09. The minimum absolute atomic E-state index is 0.0468. The quantitative estimate of drug-likeness (QED) is 0.785. The number of hydrogen-bond donors (Lipinski definition) is 2. The van der Waals surface area contributed by atoms with Gasteiger partial charge in [0.05, 0.1) is 6.61 Å².